The van der Waals surface area contributed by atoms with Gasteiger partial charge in [-0.2, -0.15) is 0 Å². The minimum Gasteiger partial charge on any atom is -0.495 e. The van der Waals surface area contributed by atoms with E-state index in [-0.39, 0.29) is 5.43 Å². The van der Waals surface area contributed by atoms with E-state index in [2.05, 4.69) is 5.32 Å². The third kappa shape index (κ3) is 3.07. The second-order valence-electron chi connectivity index (χ2n) is 7.08. The molecule has 1 N–H and O–H groups in total. The highest BCUT2D eigenvalue weighted by Crippen LogP contribution is 2.41. The molecule has 0 aromatic heterocycles. The molecule has 0 amide bonds. The molecule has 1 aliphatic carbocycles. The molecule has 30 heavy (non-hydrogen) atoms. The second kappa shape index (κ2) is 7.27. The van der Waals surface area contributed by atoms with Gasteiger partial charge >= 0.3 is 0 Å². The highest BCUT2D eigenvalue weighted by Gasteiger charge is 2.21. The first-order valence-electron chi connectivity index (χ1n) is 9.41. The molecule has 1 heterocycles. The standard InChI is InChI=1S/C24H17ClN2O2S/c1-13-7-10-19(29-2)18(11-13)27-22-23(28)16-6-4-3-5-15(16)21-24(22)30-20-12-14(25)8-9-17(20)26-21/h3-12,27H,1-2H3. The zero-order valence-corrected chi connectivity index (χ0v) is 17.9. The summed E-state index contributed by atoms with van der Waals surface area (Å²) in [5, 5.41) is 5.46. The Hall–Kier alpha value is -3.15. The molecule has 2 aliphatic rings. The lowest BCUT2D eigenvalue weighted by Gasteiger charge is -2.17. The molecule has 5 rings (SSSR count). The number of nitrogens with one attached hydrogen (secondary N) is 1. The summed E-state index contributed by atoms with van der Waals surface area (Å²) in [6.45, 7) is 2.00. The van der Waals surface area contributed by atoms with E-state index >= 15 is 0 Å². The summed E-state index contributed by atoms with van der Waals surface area (Å²) < 4.78 is 6.42. The van der Waals surface area contributed by atoms with Gasteiger partial charge < -0.3 is 10.1 Å². The van der Waals surface area contributed by atoms with Gasteiger partial charge in [-0.3, -0.25) is 4.79 Å². The van der Waals surface area contributed by atoms with Crippen LogP contribution in [0.4, 0.5) is 11.4 Å². The summed E-state index contributed by atoms with van der Waals surface area (Å²) in [5.41, 5.74) is 3.87. The van der Waals surface area contributed by atoms with Crippen molar-refractivity contribution in [3.8, 4) is 16.3 Å². The fourth-order valence-electron chi connectivity index (χ4n) is 3.64. The quantitative estimate of drug-likeness (QED) is 0.257. The van der Waals surface area contributed by atoms with Crippen LogP contribution in [0.25, 0.3) is 31.6 Å². The van der Waals surface area contributed by atoms with Crippen LogP contribution in [0.15, 0.2) is 65.5 Å². The summed E-state index contributed by atoms with van der Waals surface area (Å²) in [6, 6.07) is 19.0. The number of benzene rings is 4. The fourth-order valence-corrected chi connectivity index (χ4v) is 5.00. The topological polar surface area (TPSA) is 51.2 Å². The zero-order valence-electron chi connectivity index (χ0n) is 16.3. The van der Waals surface area contributed by atoms with Crippen LogP contribution in [-0.4, -0.2) is 12.1 Å². The molecule has 6 heteroatoms. The van der Waals surface area contributed by atoms with Crippen molar-refractivity contribution in [3.63, 3.8) is 0 Å². The van der Waals surface area contributed by atoms with Gasteiger partial charge in [-0.15, -0.1) is 11.3 Å². The number of fused-ring (bicyclic) bond motifs is 4. The Labute approximate surface area is 182 Å². The molecule has 0 spiro atoms. The molecule has 1 aliphatic heterocycles. The smallest absolute Gasteiger partial charge is 0.211 e. The van der Waals surface area contributed by atoms with Crippen molar-refractivity contribution in [1.82, 2.24) is 4.98 Å². The van der Waals surface area contributed by atoms with E-state index in [9.17, 15) is 4.79 Å². The molecular weight excluding hydrogens is 416 g/mol. The Balaban J connectivity index is 1.87. The summed E-state index contributed by atoms with van der Waals surface area (Å²) in [4.78, 5) is 19.2. The average Bonchev–Trinajstić information content (AvgIpc) is 2.75. The van der Waals surface area contributed by atoms with Crippen LogP contribution in [0.3, 0.4) is 0 Å². The van der Waals surface area contributed by atoms with E-state index in [0.717, 1.165) is 37.4 Å². The van der Waals surface area contributed by atoms with E-state index in [0.29, 0.717) is 21.8 Å². The lowest BCUT2D eigenvalue weighted by Crippen LogP contribution is -2.12. The normalized spacial score (nSPS) is 11.3. The van der Waals surface area contributed by atoms with Gasteiger partial charge in [-0.25, -0.2) is 4.98 Å². The largest absolute Gasteiger partial charge is 0.495 e. The van der Waals surface area contributed by atoms with Gasteiger partial charge in [-0.05, 0) is 42.8 Å². The minimum absolute atomic E-state index is 0.0684. The van der Waals surface area contributed by atoms with Crippen molar-refractivity contribution >= 4 is 55.3 Å². The van der Waals surface area contributed by atoms with Crippen molar-refractivity contribution in [3.05, 3.63) is 81.5 Å². The summed E-state index contributed by atoms with van der Waals surface area (Å²) in [6.07, 6.45) is 0. The van der Waals surface area contributed by atoms with Crippen molar-refractivity contribution < 1.29 is 4.74 Å². The predicted molar refractivity (Wildman–Crippen MR) is 126 cm³/mol. The molecule has 148 valence electrons. The number of aryl methyl sites for hydroxylation is 1. The molecule has 3 aromatic rings. The van der Waals surface area contributed by atoms with Gasteiger partial charge in [0.15, 0.2) is 0 Å². The number of nitrogens with zero attached hydrogens (tertiary/aromatic N) is 1. The van der Waals surface area contributed by atoms with Crippen LogP contribution in [-0.2, 0) is 0 Å². The molecule has 0 saturated carbocycles. The van der Waals surface area contributed by atoms with Crippen LogP contribution >= 0.6 is 22.9 Å². The van der Waals surface area contributed by atoms with Gasteiger partial charge in [0.2, 0.25) is 5.43 Å². The van der Waals surface area contributed by atoms with E-state index in [4.69, 9.17) is 21.3 Å². The van der Waals surface area contributed by atoms with Gasteiger partial charge in [0.25, 0.3) is 0 Å². The Kier molecular flexibility index (Phi) is 4.57. The van der Waals surface area contributed by atoms with E-state index in [1.165, 1.54) is 11.3 Å². The zero-order chi connectivity index (χ0) is 20.8. The van der Waals surface area contributed by atoms with Gasteiger partial charge in [0.05, 0.1) is 33.6 Å². The monoisotopic (exact) mass is 432 g/mol. The molecule has 0 fully saturated rings. The van der Waals surface area contributed by atoms with Gasteiger partial charge in [0, 0.05) is 15.8 Å². The first-order valence-corrected chi connectivity index (χ1v) is 10.6. The third-order valence-corrected chi connectivity index (χ3v) is 6.46. The van der Waals surface area contributed by atoms with Crippen molar-refractivity contribution in [2.45, 2.75) is 6.92 Å². The Bertz CT molecular complexity index is 1460. The lowest BCUT2D eigenvalue weighted by atomic mass is 10.0. The maximum Gasteiger partial charge on any atom is 0.211 e. The van der Waals surface area contributed by atoms with Crippen LogP contribution in [0, 0.1) is 6.92 Å². The number of methoxy groups -OCH3 is 1. The van der Waals surface area contributed by atoms with Crippen LogP contribution in [0.5, 0.6) is 5.75 Å². The van der Waals surface area contributed by atoms with E-state index in [1.54, 1.807) is 7.11 Å². The first kappa shape index (κ1) is 18.9. The van der Waals surface area contributed by atoms with Crippen molar-refractivity contribution in [2.75, 3.05) is 12.4 Å². The fraction of sp³-hybridized carbons (Fsp3) is 0.0833. The summed E-state index contributed by atoms with van der Waals surface area (Å²) in [5.74, 6) is 0.670. The van der Waals surface area contributed by atoms with E-state index in [1.807, 2.05) is 67.6 Å². The number of anilines is 2. The maximum absolute atomic E-state index is 13.5. The average molecular weight is 433 g/mol. The molecular formula is C24H17ClN2O2S. The number of rotatable bonds is 3. The Morgan fingerprint density at radius 3 is 2.63 bits per heavy atom. The molecule has 0 bridgehead atoms. The van der Waals surface area contributed by atoms with Gasteiger partial charge in [0.1, 0.15) is 11.4 Å². The highest BCUT2D eigenvalue weighted by atomic mass is 35.5. The molecule has 0 radical (unpaired) electrons. The Morgan fingerprint density at radius 2 is 1.83 bits per heavy atom. The highest BCUT2D eigenvalue weighted by molar-refractivity contribution is 7.22. The molecule has 4 nitrogen and oxygen atoms in total. The van der Waals surface area contributed by atoms with Crippen molar-refractivity contribution in [2.24, 2.45) is 0 Å². The molecule has 0 unspecified atom stereocenters. The van der Waals surface area contributed by atoms with Crippen LogP contribution in [0.2, 0.25) is 5.02 Å². The third-order valence-electron chi connectivity index (χ3n) is 5.08. The number of ether oxygens (including phenoxy) is 1. The molecule has 0 atom stereocenters. The SMILES string of the molecule is COc1ccc(C)cc1Nc1c2sc3cc(Cl)ccc3nc-2c2ccccc2c1=O. The molecule has 3 aromatic carbocycles. The van der Waals surface area contributed by atoms with Crippen molar-refractivity contribution in [1.29, 1.82) is 0 Å². The van der Waals surface area contributed by atoms with Crippen LogP contribution < -0.4 is 15.5 Å². The number of halogens is 1. The number of aromatic nitrogens is 1. The summed E-state index contributed by atoms with van der Waals surface area (Å²) in [7, 11) is 1.62. The Morgan fingerprint density at radius 1 is 1.03 bits per heavy atom. The number of hydrogen-bond donors (Lipinski definition) is 1. The second-order valence-corrected chi connectivity index (χ2v) is 8.57. The van der Waals surface area contributed by atoms with E-state index < -0.39 is 0 Å². The predicted octanol–water partition coefficient (Wildman–Crippen LogP) is 6.63. The lowest BCUT2D eigenvalue weighted by molar-refractivity contribution is 0.416. The number of hydrogen-bond acceptors (Lipinski definition) is 5. The summed E-state index contributed by atoms with van der Waals surface area (Å²) >= 11 is 7.72. The van der Waals surface area contributed by atoms with Gasteiger partial charge in [-0.1, -0.05) is 41.9 Å². The minimum atomic E-state index is -0.0684. The molecule has 0 saturated heterocycles. The maximum atomic E-state index is 13.5. The first-order chi connectivity index (χ1) is 14.5. The van der Waals surface area contributed by atoms with Crippen LogP contribution in [0.1, 0.15) is 5.56 Å².